The zero-order valence-electron chi connectivity index (χ0n) is 9.42. The first-order valence-electron chi connectivity index (χ1n) is 5.21. The van der Waals surface area contributed by atoms with E-state index in [2.05, 4.69) is 6.07 Å². The molecule has 0 fully saturated rings. The van der Waals surface area contributed by atoms with Gasteiger partial charge in [0.1, 0.15) is 12.1 Å². The van der Waals surface area contributed by atoms with Gasteiger partial charge in [0.2, 0.25) is 0 Å². The lowest BCUT2D eigenvalue weighted by molar-refractivity contribution is 1.32. The van der Waals surface area contributed by atoms with Crippen molar-refractivity contribution in [3.05, 3.63) is 53.6 Å². The van der Waals surface area contributed by atoms with Crippen LogP contribution in [0.15, 0.2) is 52.3 Å². The third kappa shape index (κ3) is 2.45. The van der Waals surface area contributed by atoms with E-state index < -0.39 is 0 Å². The average Bonchev–Trinajstić information content (AvgIpc) is 2.41. The highest BCUT2D eigenvalue weighted by Crippen LogP contribution is 2.31. The maximum atomic E-state index is 9.12. The summed E-state index contributed by atoms with van der Waals surface area (Å²) in [4.78, 5) is 1.76. The molecule has 0 aliphatic heterocycles. The molecule has 3 nitrogen and oxygen atoms in total. The molecule has 4 heteroatoms. The minimum Gasteiger partial charge on any atom is -0.399 e. The first-order valence-corrected chi connectivity index (χ1v) is 6.03. The number of anilines is 1. The molecule has 86 valence electrons. The van der Waals surface area contributed by atoms with Crippen molar-refractivity contribution in [2.45, 2.75) is 9.79 Å². The maximum Gasteiger partial charge on any atom is 0.102 e. The molecule has 0 aliphatic rings. The van der Waals surface area contributed by atoms with Crippen molar-refractivity contribution in [1.29, 1.82) is 10.5 Å². The molecule has 0 radical (unpaired) electrons. The minimum absolute atomic E-state index is 0.401. The van der Waals surface area contributed by atoms with Crippen molar-refractivity contribution in [2.24, 2.45) is 0 Å². The van der Waals surface area contributed by atoms with Crippen molar-refractivity contribution < 1.29 is 0 Å². The third-order valence-electron chi connectivity index (χ3n) is 2.37. The smallest absolute Gasteiger partial charge is 0.102 e. The van der Waals surface area contributed by atoms with E-state index in [0.29, 0.717) is 16.8 Å². The Balaban J connectivity index is 2.38. The first kappa shape index (κ1) is 12.0. The van der Waals surface area contributed by atoms with Crippen LogP contribution in [0, 0.1) is 22.7 Å². The van der Waals surface area contributed by atoms with Gasteiger partial charge in [-0.15, -0.1) is 0 Å². The number of hydrogen-bond acceptors (Lipinski definition) is 4. The van der Waals surface area contributed by atoms with Gasteiger partial charge in [0.05, 0.1) is 11.1 Å². The van der Waals surface area contributed by atoms with Crippen LogP contribution in [0.4, 0.5) is 5.69 Å². The van der Waals surface area contributed by atoms with Crippen LogP contribution in [-0.4, -0.2) is 0 Å². The summed E-state index contributed by atoms with van der Waals surface area (Å²) in [6.07, 6.45) is 0. The molecule has 2 N–H and O–H groups in total. The molecule has 0 atom stereocenters. The maximum absolute atomic E-state index is 9.12. The second-order valence-corrected chi connectivity index (χ2v) is 4.69. The van der Waals surface area contributed by atoms with Crippen LogP contribution in [-0.2, 0) is 0 Å². The zero-order chi connectivity index (χ0) is 13.0. The highest BCUT2D eigenvalue weighted by Gasteiger charge is 2.08. The van der Waals surface area contributed by atoms with Gasteiger partial charge < -0.3 is 5.73 Å². The van der Waals surface area contributed by atoms with Crippen LogP contribution in [0.25, 0.3) is 0 Å². The monoisotopic (exact) mass is 251 g/mol. The van der Waals surface area contributed by atoms with Gasteiger partial charge in [0.15, 0.2) is 0 Å². The van der Waals surface area contributed by atoms with Gasteiger partial charge in [-0.1, -0.05) is 17.8 Å². The van der Waals surface area contributed by atoms with E-state index in [1.54, 1.807) is 12.1 Å². The van der Waals surface area contributed by atoms with Crippen molar-refractivity contribution in [1.82, 2.24) is 0 Å². The Bertz CT molecular complexity index is 648. The molecular formula is C14H9N3S. The summed E-state index contributed by atoms with van der Waals surface area (Å²) in [6, 6.07) is 16.8. The summed E-state index contributed by atoms with van der Waals surface area (Å²) in [5, 5.41) is 18.1. The number of nitrogens with two attached hydrogens (primary N) is 1. The lowest BCUT2D eigenvalue weighted by Gasteiger charge is -2.05. The first-order chi connectivity index (χ1) is 8.74. The molecule has 2 rings (SSSR count). The van der Waals surface area contributed by atoms with E-state index in [-0.39, 0.29) is 0 Å². The lowest BCUT2D eigenvalue weighted by atomic mass is 10.1. The number of rotatable bonds is 2. The summed E-state index contributed by atoms with van der Waals surface area (Å²) in [7, 11) is 0. The van der Waals surface area contributed by atoms with E-state index in [1.165, 1.54) is 11.8 Å². The number of nitrogens with zero attached hydrogens (tertiary/aromatic N) is 2. The fourth-order valence-corrected chi connectivity index (χ4v) is 2.42. The summed E-state index contributed by atoms with van der Waals surface area (Å²) < 4.78 is 0. The van der Waals surface area contributed by atoms with E-state index >= 15 is 0 Å². The van der Waals surface area contributed by atoms with Crippen LogP contribution in [0.1, 0.15) is 11.1 Å². The number of nitrogen functional groups attached to an aromatic ring is 1. The van der Waals surface area contributed by atoms with E-state index in [1.807, 2.05) is 36.4 Å². The van der Waals surface area contributed by atoms with Gasteiger partial charge in [-0.3, -0.25) is 0 Å². The highest BCUT2D eigenvalue weighted by atomic mass is 32.2. The molecule has 2 aromatic rings. The quantitative estimate of drug-likeness (QED) is 0.832. The second-order valence-electron chi connectivity index (χ2n) is 3.57. The van der Waals surface area contributed by atoms with Gasteiger partial charge in [-0.05, 0) is 36.4 Å². The molecule has 0 bridgehead atoms. The van der Waals surface area contributed by atoms with Gasteiger partial charge in [-0.25, -0.2) is 0 Å². The van der Waals surface area contributed by atoms with Crippen molar-refractivity contribution in [3.8, 4) is 12.1 Å². The Morgan fingerprint density at radius 2 is 1.67 bits per heavy atom. The SMILES string of the molecule is N#Cc1cccc(Sc2ccc(N)cc2)c1C#N. The summed E-state index contributed by atoms with van der Waals surface area (Å²) in [6.45, 7) is 0. The molecule has 0 amide bonds. The summed E-state index contributed by atoms with van der Waals surface area (Å²) >= 11 is 1.45. The molecule has 0 aromatic heterocycles. The van der Waals surface area contributed by atoms with Crippen molar-refractivity contribution in [2.75, 3.05) is 5.73 Å². The average molecular weight is 251 g/mol. The molecule has 0 spiro atoms. The fraction of sp³-hybridized carbons (Fsp3) is 0. The van der Waals surface area contributed by atoms with Gasteiger partial charge >= 0.3 is 0 Å². The predicted molar refractivity (Wildman–Crippen MR) is 70.8 cm³/mol. The Morgan fingerprint density at radius 3 is 2.28 bits per heavy atom. The number of nitriles is 2. The molecule has 0 saturated heterocycles. The number of hydrogen-bond donors (Lipinski definition) is 1. The Labute approximate surface area is 109 Å². The Kier molecular flexibility index (Phi) is 3.52. The van der Waals surface area contributed by atoms with E-state index in [9.17, 15) is 0 Å². The van der Waals surface area contributed by atoms with Crippen LogP contribution in [0.2, 0.25) is 0 Å². The van der Waals surface area contributed by atoms with Crippen molar-refractivity contribution >= 4 is 17.4 Å². The highest BCUT2D eigenvalue weighted by molar-refractivity contribution is 7.99. The van der Waals surface area contributed by atoms with Gasteiger partial charge in [0, 0.05) is 15.5 Å². The lowest BCUT2D eigenvalue weighted by Crippen LogP contribution is -1.87. The zero-order valence-corrected chi connectivity index (χ0v) is 10.2. The van der Waals surface area contributed by atoms with Gasteiger partial charge in [0.25, 0.3) is 0 Å². The standard InChI is InChI=1S/C14H9N3S/c15-8-10-2-1-3-14(13(10)9-16)18-12-6-4-11(17)5-7-12/h1-7H,17H2. The molecule has 18 heavy (non-hydrogen) atoms. The largest absolute Gasteiger partial charge is 0.399 e. The molecule has 2 aromatic carbocycles. The fourth-order valence-electron chi connectivity index (χ4n) is 1.49. The molecule has 0 heterocycles. The normalized spacial score (nSPS) is 9.44. The minimum atomic E-state index is 0.401. The Hall–Kier alpha value is -2.43. The predicted octanol–water partition coefficient (Wildman–Crippen LogP) is 3.16. The van der Waals surface area contributed by atoms with Crippen molar-refractivity contribution in [3.63, 3.8) is 0 Å². The molecule has 0 saturated carbocycles. The van der Waals surface area contributed by atoms with E-state index in [0.717, 1.165) is 9.79 Å². The van der Waals surface area contributed by atoms with Crippen LogP contribution in [0.5, 0.6) is 0 Å². The van der Waals surface area contributed by atoms with Gasteiger partial charge in [-0.2, -0.15) is 10.5 Å². The van der Waals surface area contributed by atoms with Crippen LogP contribution >= 0.6 is 11.8 Å². The molecule has 0 unspecified atom stereocenters. The Morgan fingerprint density at radius 1 is 0.944 bits per heavy atom. The molecular weight excluding hydrogens is 242 g/mol. The number of benzene rings is 2. The van der Waals surface area contributed by atoms with E-state index in [4.69, 9.17) is 16.3 Å². The summed E-state index contributed by atoms with van der Waals surface area (Å²) in [5.74, 6) is 0. The molecule has 0 aliphatic carbocycles. The third-order valence-corrected chi connectivity index (χ3v) is 3.43. The topological polar surface area (TPSA) is 73.6 Å². The summed E-state index contributed by atoms with van der Waals surface area (Å²) in [5.41, 5.74) is 7.14. The second kappa shape index (κ2) is 5.27. The van der Waals surface area contributed by atoms with Crippen LogP contribution < -0.4 is 5.73 Å². The van der Waals surface area contributed by atoms with Crippen LogP contribution in [0.3, 0.4) is 0 Å².